The number of halogens is 2. The van der Waals surface area contributed by atoms with Crippen LogP contribution < -0.4 is 5.32 Å². The fourth-order valence-electron chi connectivity index (χ4n) is 3.64. The number of aliphatic hydroxyl groups is 1. The number of esters is 1. The number of hydrogen-bond donors (Lipinski definition) is 2. The fourth-order valence-corrected chi connectivity index (χ4v) is 5.05. The highest BCUT2D eigenvalue weighted by atomic mass is 79.9. The van der Waals surface area contributed by atoms with Gasteiger partial charge in [-0.25, -0.2) is 4.79 Å². The number of carbonyl (C=O) groups excluding carboxylic acids is 3. The van der Waals surface area contributed by atoms with E-state index < -0.39 is 29.7 Å². The van der Waals surface area contributed by atoms with Gasteiger partial charge in [0.25, 0.3) is 5.91 Å². The summed E-state index contributed by atoms with van der Waals surface area (Å²) >= 11 is 6.96. The molecule has 10 heteroatoms. The van der Waals surface area contributed by atoms with Gasteiger partial charge in [0, 0.05) is 21.9 Å². The van der Waals surface area contributed by atoms with Crippen LogP contribution in [0.5, 0.6) is 0 Å². The predicted octanol–water partition coefficient (Wildman–Crippen LogP) is 5.14. The normalized spacial score (nSPS) is 19.4. The minimum atomic E-state index is -0.979. The van der Waals surface area contributed by atoms with E-state index in [9.17, 15) is 19.5 Å². The minimum Gasteiger partial charge on any atom is -0.453 e. The lowest BCUT2D eigenvalue weighted by Gasteiger charge is -2.37. The van der Waals surface area contributed by atoms with Gasteiger partial charge in [0.05, 0.1) is 18.3 Å². The van der Waals surface area contributed by atoms with Crippen LogP contribution in [0.2, 0.25) is 0 Å². The number of aliphatic hydroxyl groups excluding tert-OH is 1. The number of rotatable bonds is 6. The number of nitrogens with zero attached hydrogens (tertiary/aromatic N) is 1. The Kier molecular flexibility index (Phi) is 9.75. The Morgan fingerprint density at radius 1 is 1.18 bits per heavy atom. The number of amides is 2. The summed E-state index contributed by atoms with van der Waals surface area (Å²) in [6.07, 6.45) is 0.727. The second kappa shape index (κ2) is 11.7. The molecule has 1 aliphatic carbocycles. The van der Waals surface area contributed by atoms with Crippen LogP contribution in [0.1, 0.15) is 65.9 Å². The molecule has 1 aliphatic rings. The van der Waals surface area contributed by atoms with Crippen LogP contribution >= 0.6 is 31.9 Å². The summed E-state index contributed by atoms with van der Waals surface area (Å²) < 4.78 is 12.0. The second-order valence-electron chi connectivity index (χ2n) is 9.23. The van der Waals surface area contributed by atoms with Crippen LogP contribution in [0.4, 0.5) is 10.5 Å². The summed E-state index contributed by atoms with van der Waals surface area (Å²) in [7, 11) is 0. The van der Waals surface area contributed by atoms with Crippen molar-refractivity contribution in [1.82, 2.24) is 4.90 Å². The molecule has 0 radical (unpaired) electrons. The molecule has 2 rings (SSSR count). The predicted molar refractivity (Wildman–Crippen MR) is 132 cm³/mol. The fraction of sp³-hybridized carbons (Fsp3) is 0.609. The van der Waals surface area contributed by atoms with Crippen LogP contribution in [-0.2, 0) is 25.6 Å². The molecule has 0 heterocycles. The zero-order valence-corrected chi connectivity index (χ0v) is 22.8. The summed E-state index contributed by atoms with van der Waals surface area (Å²) in [6.45, 7) is 8.35. The lowest BCUT2D eigenvalue weighted by atomic mass is 9.92. The molecule has 1 aromatic rings. The van der Waals surface area contributed by atoms with E-state index in [0.717, 1.165) is 4.47 Å². The number of benzene rings is 1. The van der Waals surface area contributed by atoms with Crippen molar-refractivity contribution < 1.29 is 29.0 Å². The van der Waals surface area contributed by atoms with Crippen molar-refractivity contribution in [2.45, 2.75) is 90.7 Å². The number of nitrogens with one attached hydrogen (secondary N) is 1. The standard InChI is InChI=1S/C23H32Br2N2O6/c1-13(32-14(2)28)21(30)26-20-15(10-16(24)11-19(20)25)12-27(22(31)33-23(3,4)5)17-6-8-18(29)9-7-17/h10-11,13,17-18,29H,6-9,12H2,1-5H3,(H,26,30)/t13-,17?,18?/m0/s1. The smallest absolute Gasteiger partial charge is 0.410 e. The Hall–Kier alpha value is -1.65. The third-order valence-electron chi connectivity index (χ3n) is 5.17. The second-order valence-corrected chi connectivity index (χ2v) is 11.0. The molecule has 1 fully saturated rings. The van der Waals surface area contributed by atoms with Gasteiger partial charge in [-0.2, -0.15) is 0 Å². The van der Waals surface area contributed by atoms with E-state index in [0.29, 0.717) is 41.4 Å². The first-order valence-electron chi connectivity index (χ1n) is 10.9. The summed E-state index contributed by atoms with van der Waals surface area (Å²) in [4.78, 5) is 38.7. The average Bonchev–Trinajstić information content (AvgIpc) is 2.67. The molecule has 0 spiro atoms. The molecule has 1 atom stereocenters. The molecule has 0 saturated heterocycles. The average molecular weight is 592 g/mol. The zero-order valence-electron chi connectivity index (χ0n) is 19.6. The van der Waals surface area contributed by atoms with Gasteiger partial charge in [-0.15, -0.1) is 0 Å². The van der Waals surface area contributed by atoms with E-state index in [1.807, 2.05) is 26.8 Å². The van der Waals surface area contributed by atoms with Crippen LogP contribution in [0.25, 0.3) is 0 Å². The lowest BCUT2D eigenvalue weighted by molar-refractivity contribution is -0.150. The molecule has 0 aromatic heterocycles. The zero-order chi connectivity index (χ0) is 24.9. The van der Waals surface area contributed by atoms with Crippen molar-refractivity contribution in [3.05, 3.63) is 26.6 Å². The lowest BCUT2D eigenvalue weighted by Crippen LogP contribution is -2.45. The Morgan fingerprint density at radius 2 is 1.79 bits per heavy atom. The first kappa shape index (κ1) is 27.6. The molecule has 8 nitrogen and oxygen atoms in total. The molecule has 2 N–H and O–H groups in total. The molecule has 2 amide bonds. The largest absolute Gasteiger partial charge is 0.453 e. The van der Waals surface area contributed by atoms with Gasteiger partial charge in [0.1, 0.15) is 5.60 Å². The number of carbonyl (C=O) groups is 3. The maximum Gasteiger partial charge on any atom is 0.410 e. The van der Waals surface area contributed by atoms with E-state index in [2.05, 4.69) is 37.2 Å². The van der Waals surface area contributed by atoms with Gasteiger partial charge in [0.2, 0.25) is 0 Å². The Balaban J connectivity index is 2.36. The summed E-state index contributed by atoms with van der Waals surface area (Å²) in [6, 6.07) is 3.50. The monoisotopic (exact) mass is 590 g/mol. The van der Waals surface area contributed by atoms with Gasteiger partial charge >= 0.3 is 12.1 Å². The van der Waals surface area contributed by atoms with E-state index in [4.69, 9.17) is 9.47 Å². The molecule has 0 bridgehead atoms. The molecule has 184 valence electrons. The van der Waals surface area contributed by atoms with Gasteiger partial charge in [-0.3, -0.25) is 9.59 Å². The number of hydrogen-bond acceptors (Lipinski definition) is 6. The van der Waals surface area contributed by atoms with E-state index >= 15 is 0 Å². The highest BCUT2D eigenvalue weighted by Crippen LogP contribution is 2.34. The topological polar surface area (TPSA) is 105 Å². The van der Waals surface area contributed by atoms with E-state index in [-0.39, 0.29) is 18.7 Å². The minimum absolute atomic E-state index is 0.107. The van der Waals surface area contributed by atoms with Crippen molar-refractivity contribution in [1.29, 1.82) is 0 Å². The summed E-state index contributed by atoms with van der Waals surface area (Å²) in [5.41, 5.74) is 0.487. The quantitative estimate of drug-likeness (QED) is 0.444. The molecule has 1 saturated carbocycles. The van der Waals surface area contributed by atoms with Gasteiger partial charge in [-0.1, -0.05) is 15.9 Å². The number of ether oxygens (including phenoxy) is 2. The molecule has 0 aliphatic heterocycles. The van der Waals surface area contributed by atoms with Crippen molar-refractivity contribution in [2.24, 2.45) is 0 Å². The van der Waals surface area contributed by atoms with Crippen LogP contribution in [0.15, 0.2) is 21.1 Å². The highest BCUT2D eigenvalue weighted by molar-refractivity contribution is 9.11. The third-order valence-corrected chi connectivity index (χ3v) is 6.26. The molecule has 0 unspecified atom stereocenters. The molecule has 33 heavy (non-hydrogen) atoms. The van der Waals surface area contributed by atoms with Crippen molar-refractivity contribution >= 4 is 55.5 Å². The maximum atomic E-state index is 13.1. The van der Waals surface area contributed by atoms with E-state index in [1.165, 1.54) is 13.8 Å². The Morgan fingerprint density at radius 3 is 2.33 bits per heavy atom. The van der Waals surface area contributed by atoms with Crippen LogP contribution in [0, 0.1) is 0 Å². The SMILES string of the molecule is CC(=O)O[C@@H](C)C(=O)Nc1c(Br)cc(Br)cc1CN(C(=O)OC(C)(C)C)C1CCC(O)CC1. The molecular formula is C23H32Br2N2O6. The number of anilines is 1. The van der Waals surface area contributed by atoms with Gasteiger partial charge in [0.15, 0.2) is 6.10 Å². The van der Waals surface area contributed by atoms with Crippen molar-refractivity contribution in [2.75, 3.05) is 5.32 Å². The molecule has 1 aromatic carbocycles. The van der Waals surface area contributed by atoms with Crippen molar-refractivity contribution in [3.63, 3.8) is 0 Å². The van der Waals surface area contributed by atoms with Crippen LogP contribution in [0.3, 0.4) is 0 Å². The van der Waals surface area contributed by atoms with Gasteiger partial charge < -0.3 is 24.8 Å². The summed E-state index contributed by atoms with van der Waals surface area (Å²) in [5, 5.41) is 12.7. The third kappa shape index (κ3) is 8.57. The Bertz CT molecular complexity index is 878. The van der Waals surface area contributed by atoms with Crippen molar-refractivity contribution in [3.8, 4) is 0 Å². The van der Waals surface area contributed by atoms with Gasteiger partial charge in [-0.05, 0) is 87.0 Å². The maximum absolute atomic E-state index is 13.1. The van der Waals surface area contributed by atoms with Crippen LogP contribution in [-0.4, -0.2) is 51.8 Å². The first-order valence-corrected chi connectivity index (χ1v) is 12.5. The summed E-state index contributed by atoms with van der Waals surface area (Å²) in [5.74, 6) is -1.04. The molecular weight excluding hydrogens is 560 g/mol. The van der Waals surface area contributed by atoms with E-state index in [1.54, 1.807) is 11.0 Å². The highest BCUT2D eigenvalue weighted by Gasteiger charge is 2.32. The Labute approximate surface area is 211 Å². The first-order chi connectivity index (χ1) is 15.3.